The molecule has 2 rings (SSSR count). The predicted octanol–water partition coefficient (Wildman–Crippen LogP) is 2.77. The highest BCUT2D eigenvalue weighted by Crippen LogP contribution is 2.49. The van der Waals surface area contributed by atoms with E-state index in [1.807, 2.05) is 0 Å². The van der Waals surface area contributed by atoms with Crippen LogP contribution >= 0.6 is 0 Å². The van der Waals surface area contributed by atoms with Gasteiger partial charge in [-0.15, -0.1) is 0 Å². The van der Waals surface area contributed by atoms with Crippen molar-refractivity contribution in [2.45, 2.75) is 32.6 Å². The maximum Gasteiger partial charge on any atom is 0.339 e. The summed E-state index contributed by atoms with van der Waals surface area (Å²) in [5.41, 5.74) is 1.34. The maximum absolute atomic E-state index is 11.0. The van der Waals surface area contributed by atoms with Crippen LogP contribution in [0, 0.1) is 5.41 Å². The summed E-state index contributed by atoms with van der Waals surface area (Å²) in [6.07, 6.45) is 7.91. The molecule has 1 heterocycles. The molecule has 2 N–H and O–H groups in total. The zero-order valence-corrected chi connectivity index (χ0v) is 10.1. The van der Waals surface area contributed by atoms with Crippen LogP contribution in [0.5, 0.6) is 0 Å². The molecule has 0 saturated heterocycles. The lowest BCUT2D eigenvalue weighted by Gasteiger charge is -2.16. The Hall–Kier alpha value is -1.58. The Kier molecular flexibility index (Phi) is 3.31. The molecule has 0 spiro atoms. The molecule has 0 unspecified atom stereocenters. The normalized spacial score (nSPS) is 16.5. The predicted molar refractivity (Wildman–Crippen MR) is 66.3 cm³/mol. The highest BCUT2D eigenvalue weighted by Gasteiger charge is 2.41. The van der Waals surface area contributed by atoms with E-state index in [-0.39, 0.29) is 5.56 Å². The van der Waals surface area contributed by atoms with Crippen molar-refractivity contribution in [2.24, 2.45) is 5.41 Å². The average molecular weight is 234 g/mol. The quantitative estimate of drug-likeness (QED) is 0.794. The maximum atomic E-state index is 11.0. The van der Waals surface area contributed by atoms with Crippen molar-refractivity contribution >= 4 is 11.7 Å². The minimum atomic E-state index is -0.930. The van der Waals surface area contributed by atoms with Gasteiger partial charge in [0.05, 0.1) is 5.69 Å². The molecule has 4 nitrogen and oxygen atoms in total. The van der Waals surface area contributed by atoms with Crippen LogP contribution in [0.3, 0.4) is 0 Å². The summed E-state index contributed by atoms with van der Waals surface area (Å²) >= 11 is 0. The topological polar surface area (TPSA) is 62.2 Å². The van der Waals surface area contributed by atoms with Gasteiger partial charge in [0.25, 0.3) is 0 Å². The van der Waals surface area contributed by atoms with E-state index in [1.165, 1.54) is 31.9 Å². The van der Waals surface area contributed by atoms with Gasteiger partial charge in [-0.05, 0) is 30.7 Å². The molecule has 1 fully saturated rings. The van der Waals surface area contributed by atoms with E-state index in [0.717, 1.165) is 6.54 Å². The van der Waals surface area contributed by atoms with Crippen molar-refractivity contribution in [1.29, 1.82) is 0 Å². The van der Waals surface area contributed by atoms with Gasteiger partial charge in [0.15, 0.2) is 0 Å². The van der Waals surface area contributed by atoms with Crippen molar-refractivity contribution in [3.63, 3.8) is 0 Å². The summed E-state index contributed by atoms with van der Waals surface area (Å²) in [6.45, 7) is 3.06. The first-order chi connectivity index (χ1) is 8.17. The van der Waals surface area contributed by atoms with Crippen molar-refractivity contribution in [3.8, 4) is 0 Å². The number of anilines is 1. The SMILES string of the molecule is CCCC1(CNc2ccncc2C(=O)O)CC1. The Morgan fingerprint density at radius 2 is 2.35 bits per heavy atom. The number of carboxylic acids is 1. The number of nitrogens with zero attached hydrogens (tertiary/aromatic N) is 1. The summed E-state index contributed by atoms with van der Waals surface area (Å²) in [6, 6.07) is 1.73. The van der Waals surface area contributed by atoms with Gasteiger partial charge in [-0.3, -0.25) is 4.98 Å². The molecule has 0 bridgehead atoms. The van der Waals surface area contributed by atoms with Crippen LogP contribution in [0.15, 0.2) is 18.5 Å². The molecule has 4 heteroatoms. The molecule has 0 aliphatic heterocycles. The minimum absolute atomic E-state index is 0.250. The molecular weight excluding hydrogens is 216 g/mol. The van der Waals surface area contributed by atoms with Crippen LogP contribution in [-0.2, 0) is 0 Å². The van der Waals surface area contributed by atoms with Crippen LogP contribution in [0.4, 0.5) is 5.69 Å². The fourth-order valence-electron chi connectivity index (χ4n) is 2.22. The molecular formula is C13H18N2O2. The molecule has 1 saturated carbocycles. The average Bonchev–Trinajstić information content (AvgIpc) is 3.08. The second-order valence-corrected chi connectivity index (χ2v) is 4.83. The number of pyridine rings is 1. The van der Waals surface area contributed by atoms with Gasteiger partial charge in [0.2, 0.25) is 0 Å². The monoisotopic (exact) mass is 234 g/mol. The van der Waals surface area contributed by atoms with E-state index in [2.05, 4.69) is 17.2 Å². The van der Waals surface area contributed by atoms with E-state index >= 15 is 0 Å². The fraction of sp³-hybridized carbons (Fsp3) is 0.538. The number of hydrogen-bond donors (Lipinski definition) is 2. The number of rotatable bonds is 6. The Labute approximate surface area is 101 Å². The van der Waals surface area contributed by atoms with Crippen molar-refractivity contribution in [2.75, 3.05) is 11.9 Å². The highest BCUT2D eigenvalue weighted by atomic mass is 16.4. The third-order valence-corrected chi connectivity index (χ3v) is 3.44. The Morgan fingerprint density at radius 3 is 2.94 bits per heavy atom. The third-order valence-electron chi connectivity index (χ3n) is 3.44. The largest absolute Gasteiger partial charge is 0.478 e. The summed E-state index contributed by atoms with van der Waals surface area (Å²) < 4.78 is 0. The fourth-order valence-corrected chi connectivity index (χ4v) is 2.22. The highest BCUT2D eigenvalue weighted by molar-refractivity contribution is 5.93. The molecule has 0 amide bonds. The van der Waals surface area contributed by atoms with Crippen LogP contribution in [0.25, 0.3) is 0 Å². The van der Waals surface area contributed by atoms with Crippen LogP contribution < -0.4 is 5.32 Å². The van der Waals surface area contributed by atoms with Gasteiger partial charge < -0.3 is 10.4 Å². The number of hydrogen-bond acceptors (Lipinski definition) is 3. The van der Waals surface area contributed by atoms with Crippen molar-refractivity contribution < 1.29 is 9.90 Å². The smallest absolute Gasteiger partial charge is 0.339 e. The van der Waals surface area contributed by atoms with Crippen LogP contribution in [0.2, 0.25) is 0 Å². The van der Waals surface area contributed by atoms with E-state index in [0.29, 0.717) is 11.1 Å². The number of aromatic nitrogens is 1. The van der Waals surface area contributed by atoms with Gasteiger partial charge in [0.1, 0.15) is 5.56 Å². The number of carboxylic acid groups (broad SMARTS) is 1. The lowest BCUT2D eigenvalue weighted by atomic mass is 10.0. The molecule has 0 radical (unpaired) electrons. The van der Waals surface area contributed by atoms with Crippen LogP contribution in [-0.4, -0.2) is 22.6 Å². The van der Waals surface area contributed by atoms with Gasteiger partial charge in [-0.2, -0.15) is 0 Å². The van der Waals surface area contributed by atoms with Crippen LogP contribution in [0.1, 0.15) is 43.0 Å². The molecule has 1 aromatic rings. The summed E-state index contributed by atoms with van der Waals surface area (Å²) in [4.78, 5) is 14.8. The zero-order valence-electron chi connectivity index (χ0n) is 10.1. The molecule has 92 valence electrons. The van der Waals surface area contributed by atoms with Gasteiger partial charge >= 0.3 is 5.97 Å². The molecule has 17 heavy (non-hydrogen) atoms. The second kappa shape index (κ2) is 4.73. The molecule has 1 aromatic heterocycles. The first kappa shape index (κ1) is 11.9. The summed E-state index contributed by atoms with van der Waals surface area (Å²) in [5.74, 6) is -0.930. The summed E-state index contributed by atoms with van der Waals surface area (Å²) in [5, 5.41) is 12.3. The first-order valence-electron chi connectivity index (χ1n) is 6.08. The van der Waals surface area contributed by atoms with E-state index in [1.54, 1.807) is 12.3 Å². The van der Waals surface area contributed by atoms with Crippen molar-refractivity contribution in [1.82, 2.24) is 4.98 Å². The molecule has 0 atom stereocenters. The van der Waals surface area contributed by atoms with E-state index in [9.17, 15) is 4.79 Å². The lowest BCUT2D eigenvalue weighted by Crippen LogP contribution is -2.17. The number of nitrogens with one attached hydrogen (secondary N) is 1. The summed E-state index contributed by atoms with van der Waals surface area (Å²) in [7, 11) is 0. The Morgan fingerprint density at radius 1 is 1.59 bits per heavy atom. The Balaban J connectivity index is 2.02. The molecule has 1 aliphatic carbocycles. The van der Waals surface area contributed by atoms with E-state index in [4.69, 9.17) is 5.11 Å². The first-order valence-corrected chi connectivity index (χ1v) is 6.08. The van der Waals surface area contributed by atoms with E-state index < -0.39 is 5.97 Å². The minimum Gasteiger partial charge on any atom is -0.478 e. The second-order valence-electron chi connectivity index (χ2n) is 4.83. The Bertz CT molecular complexity index is 414. The van der Waals surface area contributed by atoms with Gasteiger partial charge in [-0.1, -0.05) is 13.3 Å². The van der Waals surface area contributed by atoms with Gasteiger partial charge in [0, 0.05) is 18.9 Å². The van der Waals surface area contributed by atoms with Gasteiger partial charge in [-0.25, -0.2) is 4.79 Å². The third kappa shape index (κ3) is 2.75. The number of carbonyl (C=O) groups is 1. The standard InChI is InChI=1S/C13H18N2O2/c1-2-4-13(5-6-13)9-15-11-3-7-14-8-10(11)12(16)17/h3,7-8H,2,4-6,9H2,1H3,(H,14,15)(H,16,17). The zero-order chi connectivity index (χ0) is 12.3. The lowest BCUT2D eigenvalue weighted by molar-refractivity contribution is 0.0697. The number of aromatic carboxylic acids is 1. The molecule has 1 aliphatic rings. The van der Waals surface area contributed by atoms with Crippen molar-refractivity contribution in [3.05, 3.63) is 24.0 Å². The molecule has 0 aromatic carbocycles.